The minimum atomic E-state index is -0.646. The van der Waals surface area contributed by atoms with Crippen LogP contribution in [0.3, 0.4) is 0 Å². The Bertz CT molecular complexity index is 6900. The van der Waals surface area contributed by atoms with Crippen molar-refractivity contribution in [2.24, 2.45) is 22.2 Å². The summed E-state index contributed by atoms with van der Waals surface area (Å²) in [6.07, 6.45) is 10.1. The molecule has 22 heteroatoms. The number of carbonyl (C=O) groups excluding carboxylic acids is 7. The number of aromatic nitrogens is 3. The number of rotatable bonds is 34. The molecule has 3 aromatic heterocycles. The molecule has 8 unspecified atom stereocenters. The Morgan fingerprint density at radius 3 is 1.29 bits per heavy atom. The molecule has 8 N–H and O–H groups in total. The zero-order valence-corrected chi connectivity index (χ0v) is 87.8. The van der Waals surface area contributed by atoms with Crippen LogP contribution in [0.5, 0.6) is 0 Å². The maximum Gasteiger partial charge on any atom is 0.319 e. The van der Waals surface area contributed by atoms with E-state index in [1.165, 1.54) is 66.5 Å². The van der Waals surface area contributed by atoms with E-state index in [1.807, 2.05) is 79.7 Å². The third-order valence-electron chi connectivity index (χ3n) is 30.1. The zero-order chi connectivity index (χ0) is 106. The van der Waals surface area contributed by atoms with Gasteiger partial charge >= 0.3 is 6.03 Å². The van der Waals surface area contributed by atoms with Gasteiger partial charge in [-0.3, -0.25) is 49.8 Å². The molecule has 22 nitrogen and oxygen atoms in total. The number of hydrogen-bond acceptors (Lipinski definition) is 17. The van der Waals surface area contributed by atoms with Gasteiger partial charge in [0.2, 0.25) is 0 Å². The van der Waals surface area contributed by atoms with Crippen LogP contribution in [0.4, 0.5) is 10.5 Å². The summed E-state index contributed by atoms with van der Waals surface area (Å²) in [5, 5.41) is 59.0. The normalized spacial score (nSPS) is 14.1. The second-order valence-corrected chi connectivity index (χ2v) is 40.4. The standard InChI is InChI=1S/C24H28O5.C23H26N2O5.C23H26O5.C16H17N.C15H21NO2.C14H13N.C10H14/c1-4-24(2,3)21(29-28)14-16(25)11-9-15-10-12-19-20(13-15)23(27)18-8-6-5-7-17(18)22(19)26;1-4-23(2,3)18(30-29)12-13-24-22(28)25-17-11-7-10-16-19(17)21(27)15-9-6-5-8-14(15)20(16)26;1-4-23(2,3)20(28-26)11-12-27-14-15-9-10-18-19(13-15)22(25)17-8-6-5-7-16(17)21(18)24;1-3-12(2)17-15-10-6-4-8-13(15)14-9-5-7-11-16(14)17;1-3-11(2)15(18-17)9-8-12-10-16-14-7-5-4-6-13(12)14;1-2-15-13-9-5-3-7-11(13)12-8-4-6-10-14(12)15;1-3-9(2)10-7-5-4-6-8-10/h5-8,10,12-13,16,21,25,28H,4,9,11,14H2,1-3H3;5-11,18,29H,4,12-13H2,1-3H3,(H2,24,25,28);5-10,13,20,26H,4,11-12,14H2,1-3H3;4-12H,3H2,1-2H3;4-7,10-11,15-17H,3,8-9H2,1-2H3;3-10H,2H2,1H3;4-9H,3H2,1-2H3. The first kappa shape index (κ1) is 112. The third-order valence-corrected chi connectivity index (χ3v) is 30.1. The van der Waals surface area contributed by atoms with Crippen LogP contribution in [-0.2, 0) is 50.3 Å². The number of aromatic amines is 1. The van der Waals surface area contributed by atoms with Gasteiger partial charge in [-0.15, -0.1) is 0 Å². The Hall–Kier alpha value is -13.3. The largest absolute Gasteiger partial charge is 0.393 e. The number of aliphatic hydroxyl groups excluding tert-OH is 1. The van der Waals surface area contributed by atoms with Gasteiger partial charge in [0.15, 0.2) is 34.7 Å². The van der Waals surface area contributed by atoms with E-state index in [9.17, 15) is 43.9 Å². The van der Waals surface area contributed by atoms with E-state index in [4.69, 9.17) is 20.5 Å². The number of H-pyrrole nitrogens is 1. The highest BCUT2D eigenvalue weighted by molar-refractivity contribution is 6.31. The number of aliphatic hydroxyl groups is 1. The fourth-order valence-corrected chi connectivity index (χ4v) is 19.0. The number of hydrogen-bond donors (Lipinski definition) is 8. The fourth-order valence-electron chi connectivity index (χ4n) is 19.0. The van der Waals surface area contributed by atoms with Crippen LogP contribution in [0.25, 0.3) is 54.5 Å². The molecule has 0 fully saturated rings. The first-order chi connectivity index (χ1) is 70.8. The highest BCUT2D eigenvalue weighted by Gasteiger charge is 2.37. The first-order valence-electron chi connectivity index (χ1n) is 51.8. The Balaban J connectivity index is 0.000000156. The molecule has 0 aliphatic heterocycles. The molecule has 0 radical (unpaired) electrons. The number of aryl methyl sites for hydroxylation is 3. The second kappa shape index (κ2) is 52.8. The molecule has 12 aromatic carbocycles. The Labute approximate surface area is 864 Å². The van der Waals surface area contributed by atoms with E-state index in [1.54, 1.807) is 115 Å². The Morgan fingerprint density at radius 1 is 0.395 bits per heavy atom. The molecule has 15 aromatic rings. The van der Waals surface area contributed by atoms with Gasteiger partial charge in [0.05, 0.1) is 42.3 Å². The lowest BCUT2D eigenvalue weighted by Gasteiger charge is -2.32. The van der Waals surface area contributed by atoms with Gasteiger partial charge in [-0.1, -0.05) is 328 Å². The van der Waals surface area contributed by atoms with Crippen LogP contribution in [0.2, 0.25) is 0 Å². The number of para-hydroxylation sites is 5. The van der Waals surface area contributed by atoms with Crippen molar-refractivity contribution in [1.29, 1.82) is 0 Å². The third kappa shape index (κ3) is 27.0. The van der Waals surface area contributed by atoms with Crippen LogP contribution in [0.15, 0.2) is 285 Å². The number of urea groups is 1. The molecule has 18 rings (SSSR count). The molecule has 147 heavy (non-hydrogen) atoms. The topological polar surface area (TPSA) is 316 Å². The number of ether oxygens (including phenoxy) is 1. The first-order valence-corrected chi connectivity index (χ1v) is 51.8. The van der Waals surface area contributed by atoms with Gasteiger partial charge in [0.1, 0.15) is 6.10 Å². The van der Waals surface area contributed by atoms with E-state index in [0.717, 1.165) is 68.1 Å². The van der Waals surface area contributed by atoms with Crippen molar-refractivity contribution in [1.82, 2.24) is 19.4 Å². The maximum absolute atomic E-state index is 13.0. The molecule has 8 atom stereocenters. The number of fused-ring (bicyclic) bond motifs is 13. The zero-order valence-electron chi connectivity index (χ0n) is 87.8. The SMILES string of the molecule is CCC(C)(C)C(CC(O)CCc1ccc2c(c1)C(=O)c1ccccc1C2=O)OO.CCC(C)(C)C(CCNC(=O)Nc1cccc2c1C(=O)c1ccccc1C2=O)OO.CCC(C)(C)C(CCOCc1ccc2c(c1)C(=O)c1ccccc1C2=O)OO.CCC(C)C(CCc1c[nH]c2ccccc12)OO.CCC(C)c1ccccc1.CCC(C)n1c2ccccc2c2ccccc21.CCn1c2ccccc2c2ccccc21. The molecule has 0 saturated carbocycles. The van der Waals surface area contributed by atoms with Crippen LogP contribution >= 0.6 is 0 Å². The van der Waals surface area contributed by atoms with Gasteiger partial charge < -0.3 is 34.6 Å². The van der Waals surface area contributed by atoms with Crippen LogP contribution < -0.4 is 10.6 Å². The van der Waals surface area contributed by atoms with Crippen LogP contribution in [0, 0.1) is 22.2 Å². The second-order valence-electron chi connectivity index (χ2n) is 40.4. The minimum Gasteiger partial charge on any atom is -0.393 e. The smallest absolute Gasteiger partial charge is 0.319 e. The van der Waals surface area contributed by atoms with Gasteiger partial charge in [0.25, 0.3) is 0 Å². The summed E-state index contributed by atoms with van der Waals surface area (Å²) < 4.78 is 10.6. The van der Waals surface area contributed by atoms with E-state index in [0.29, 0.717) is 119 Å². The lowest BCUT2D eigenvalue weighted by atomic mass is 9.80. The number of nitrogens with zero attached hydrogens (tertiary/aromatic N) is 2. The van der Waals surface area contributed by atoms with E-state index < -0.39 is 24.3 Å². The number of benzene rings is 12. The van der Waals surface area contributed by atoms with Gasteiger partial charge in [-0.05, 0) is 183 Å². The summed E-state index contributed by atoms with van der Waals surface area (Å²) in [7, 11) is 0. The molecule has 0 bridgehead atoms. The lowest BCUT2D eigenvalue weighted by Crippen LogP contribution is -2.37. The van der Waals surface area contributed by atoms with Crippen molar-refractivity contribution < 1.29 is 84.0 Å². The van der Waals surface area contributed by atoms with Gasteiger partial charge in [-0.25, -0.2) is 24.3 Å². The molecular weight excluding hydrogens is 1840 g/mol. The summed E-state index contributed by atoms with van der Waals surface area (Å²) in [6, 6.07) is 89.3. The summed E-state index contributed by atoms with van der Waals surface area (Å²) in [5.74, 6) is 0.0142. The average Bonchev–Trinajstić information content (AvgIpc) is 1.72. The van der Waals surface area contributed by atoms with E-state index in [2.05, 4.69) is 245 Å². The molecule has 3 heterocycles. The highest BCUT2D eigenvalue weighted by atomic mass is 17.1. The van der Waals surface area contributed by atoms with E-state index >= 15 is 0 Å². The van der Waals surface area contributed by atoms with Crippen molar-refractivity contribution in [3.63, 3.8) is 0 Å². The summed E-state index contributed by atoms with van der Waals surface area (Å²) >= 11 is 0. The van der Waals surface area contributed by atoms with Crippen molar-refractivity contribution >= 4 is 101 Å². The summed E-state index contributed by atoms with van der Waals surface area (Å²) in [6.45, 7) is 35.5. The molecule has 3 aliphatic rings. The van der Waals surface area contributed by atoms with Crippen molar-refractivity contribution in [2.75, 3.05) is 18.5 Å². The summed E-state index contributed by atoms with van der Waals surface area (Å²) in [5.41, 5.74) is 15.3. The maximum atomic E-state index is 13.0. The Kier molecular flexibility index (Phi) is 40.4. The van der Waals surface area contributed by atoms with Gasteiger partial charge in [-0.2, -0.15) is 0 Å². The predicted octanol–water partition coefficient (Wildman–Crippen LogP) is 29.2. The number of ketones is 6. The fraction of sp³-hybridized carbons (Fsp3) is 0.352. The van der Waals surface area contributed by atoms with Crippen LogP contribution in [0.1, 0.15) is 311 Å². The number of anilines is 1. The van der Waals surface area contributed by atoms with Crippen molar-refractivity contribution in [3.05, 3.63) is 374 Å². The van der Waals surface area contributed by atoms with Crippen molar-refractivity contribution in [2.45, 2.75) is 250 Å². The Morgan fingerprint density at radius 2 is 0.810 bits per heavy atom. The number of carbonyl (C=O) groups is 7. The molecule has 3 aliphatic carbocycles. The minimum absolute atomic E-state index is 0.0799. The highest BCUT2D eigenvalue weighted by Crippen LogP contribution is 2.40. The summed E-state index contributed by atoms with van der Waals surface area (Å²) in [4.78, 5) is 111. The van der Waals surface area contributed by atoms with Crippen molar-refractivity contribution in [3.8, 4) is 0 Å². The van der Waals surface area contributed by atoms with E-state index in [-0.39, 0.29) is 86.5 Å². The van der Waals surface area contributed by atoms with Gasteiger partial charge in [0, 0.05) is 160 Å². The quantitative estimate of drug-likeness (QED) is 0.0106. The molecule has 772 valence electrons. The molecule has 0 saturated heterocycles. The average molecular weight is 1990 g/mol. The molecular formula is C125H145N5O17. The lowest BCUT2D eigenvalue weighted by molar-refractivity contribution is -0.306. The van der Waals surface area contributed by atoms with Crippen LogP contribution in [-0.4, -0.2) is 125 Å². The molecule has 0 spiro atoms. The predicted molar refractivity (Wildman–Crippen MR) is 587 cm³/mol. The molecule has 2 amide bonds. The number of nitrogens with one attached hydrogen (secondary N) is 3. The number of amides is 2. The monoisotopic (exact) mass is 1990 g/mol.